The monoisotopic (exact) mass is 281 g/mol. The lowest BCUT2D eigenvalue weighted by Crippen LogP contribution is -2.13. The second-order valence-electron chi connectivity index (χ2n) is 4.57. The molecule has 0 fully saturated rings. The van der Waals surface area contributed by atoms with E-state index in [0.717, 1.165) is 24.5 Å². The topological polar surface area (TPSA) is 12.0 Å². The number of hydrogen-bond donors (Lipinski definition) is 1. The Morgan fingerprint density at radius 2 is 2.06 bits per heavy atom. The summed E-state index contributed by atoms with van der Waals surface area (Å²) >= 11 is 8.02. The summed E-state index contributed by atoms with van der Waals surface area (Å²) in [4.78, 5) is 1.47. The molecule has 0 aliphatic carbocycles. The van der Waals surface area contributed by atoms with Gasteiger partial charge in [0.1, 0.15) is 0 Å². The lowest BCUT2D eigenvalue weighted by Gasteiger charge is -2.04. The summed E-state index contributed by atoms with van der Waals surface area (Å²) in [5, 5.41) is 5.69. The maximum atomic E-state index is 6.12. The Kier molecular flexibility index (Phi) is 5.04. The zero-order valence-electron chi connectivity index (χ0n) is 11.1. The van der Waals surface area contributed by atoms with Gasteiger partial charge in [-0.05, 0) is 48.5 Å². The van der Waals surface area contributed by atoms with Gasteiger partial charge in [0.15, 0.2) is 0 Å². The van der Waals surface area contributed by atoms with E-state index in [0.29, 0.717) is 0 Å². The highest BCUT2D eigenvalue weighted by atomic mass is 35.5. The zero-order chi connectivity index (χ0) is 13.0. The van der Waals surface area contributed by atoms with Crippen molar-refractivity contribution in [3.8, 4) is 0 Å². The van der Waals surface area contributed by atoms with Crippen molar-refractivity contribution >= 4 is 33.0 Å². The van der Waals surface area contributed by atoms with Gasteiger partial charge in [0.05, 0.1) is 0 Å². The van der Waals surface area contributed by atoms with Crippen molar-refractivity contribution in [1.29, 1.82) is 0 Å². The molecule has 0 aliphatic rings. The van der Waals surface area contributed by atoms with Gasteiger partial charge < -0.3 is 5.32 Å². The first kappa shape index (κ1) is 13.9. The first-order valence-electron chi connectivity index (χ1n) is 6.66. The smallest absolute Gasteiger partial charge is 0.0413 e. The van der Waals surface area contributed by atoms with E-state index in [1.807, 2.05) is 17.4 Å². The van der Waals surface area contributed by atoms with E-state index in [-0.39, 0.29) is 0 Å². The first-order chi connectivity index (χ1) is 8.76. The Hall–Kier alpha value is -0.570. The summed E-state index contributed by atoms with van der Waals surface area (Å²) in [5.74, 6) is 0. The van der Waals surface area contributed by atoms with Crippen LogP contribution in [-0.2, 0) is 13.0 Å². The van der Waals surface area contributed by atoms with Gasteiger partial charge in [0.25, 0.3) is 0 Å². The molecule has 18 heavy (non-hydrogen) atoms. The quantitative estimate of drug-likeness (QED) is 0.734. The average Bonchev–Trinajstić information content (AvgIpc) is 2.68. The molecule has 3 heteroatoms. The van der Waals surface area contributed by atoms with Crippen LogP contribution in [0.2, 0.25) is 5.02 Å². The van der Waals surface area contributed by atoms with Gasteiger partial charge >= 0.3 is 0 Å². The lowest BCUT2D eigenvalue weighted by atomic mass is 10.1. The van der Waals surface area contributed by atoms with E-state index in [4.69, 9.17) is 11.6 Å². The van der Waals surface area contributed by atoms with E-state index in [9.17, 15) is 0 Å². The molecule has 1 aromatic heterocycles. The van der Waals surface area contributed by atoms with E-state index >= 15 is 0 Å². The number of rotatable bonds is 6. The standard InChI is InChI=1S/C15H20ClNS/c1-3-5-12-13-9-11(16)6-7-14(13)18-15(12)10-17-8-4-2/h6-7,9,17H,3-5,8,10H2,1-2H3. The Morgan fingerprint density at radius 3 is 2.78 bits per heavy atom. The van der Waals surface area contributed by atoms with Crippen LogP contribution >= 0.6 is 22.9 Å². The fourth-order valence-corrected chi connectivity index (χ4v) is 3.59. The largest absolute Gasteiger partial charge is 0.312 e. The van der Waals surface area contributed by atoms with Crippen LogP contribution in [0.1, 0.15) is 37.1 Å². The van der Waals surface area contributed by atoms with Crippen molar-refractivity contribution in [2.75, 3.05) is 6.54 Å². The third-order valence-corrected chi connectivity index (χ3v) is 4.50. The molecule has 1 aromatic carbocycles. The molecule has 0 amide bonds. The highest BCUT2D eigenvalue weighted by molar-refractivity contribution is 7.19. The van der Waals surface area contributed by atoms with Gasteiger partial charge in [-0.2, -0.15) is 0 Å². The summed E-state index contributed by atoms with van der Waals surface area (Å²) in [7, 11) is 0. The Balaban J connectivity index is 2.35. The molecule has 0 saturated heterocycles. The summed E-state index contributed by atoms with van der Waals surface area (Å²) in [6, 6.07) is 6.24. The van der Waals surface area contributed by atoms with Gasteiger partial charge in [0, 0.05) is 21.1 Å². The third-order valence-electron chi connectivity index (χ3n) is 3.05. The van der Waals surface area contributed by atoms with Crippen molar-refractivity contribution in [2.45, 2.75) is 39.7 Å². The van der Waals surface area contributed by atoms with E-state index in [1.54, 1.807) is 0 Å². The van der Waals surface area contributed by atoms with E-state index < -0.39 is 0 Å². The number of hydrogen-bond acceptors (Lipinski definition) is 2. The predicted octanol–water partition coefficient (Wildman–Crippen LogP) is 5.01. The van der Waals surface area contributed by atoms with Crippen LogP contribution in [0.3, 0.4) is 0 Å². The van der Waals surface area contributed by atoms with Crippen LogP contribution in [0.25, 0.3) is 10.1 Å². The number of benzene rings is 1. The molecule has 1 heterocycles. The normalized spacial score (nSPS) is 11.3. The molecule has 1 N–H and O–H groups in total. The molecule has 0 radical (unpaired) electrons. The van der Waals surface area contributed by atoms with Gasteiger partial charge in [-0.25, -0.2) is 0 Å². The molecule has 0 unspecified atom stereocenters. The highest BCUT2D eigenvalue weighted by Crippen LogP contribution is 2.34. The molecule has 0 saturated carbocycles. The van der Waals surface area contributed by atoms with Gasteiger partial charge in [-0.1, -0.05) is 31.9 Å². The molecule has 0 bridgehead atoms. The fourth-order valence-electron chi connectivity index (χ4n) is 2.22. The third kappa shape index (κ3) is 3.05. The van der Waals surface area contributed by atoms with Crippen molar-refractivity contribution in [1.82, 2.24) is 5.32 Å². The average molecular weight is 282 g/mol. The van der Waals surface area contributed by atoms with Crippen molar-refractivity contribution < 1.29 is 0 Å². The van der Waals surface area contributed by atoms with E-state index in [2.05, 4.69) is 31.3 Å². The lowest BCUT2D eigenvalue weighted by molar-refractivity contribution is 0.677. The van der Waals surface area contributed by atoms with Gasteiger partial charge in [-0.3, -0.25) is 0 Å². The van der Waals surface area contributed by atoms with Gasteiger partial charge in [-0.15, -0.1) is 11.3 Å². The fraction of sp³-hybridized carbons (Fsp3) is 0.467. The minimum atomic E-state index is 0.839. The number of halogens is 1. The Bertz CT molecular complexity index is 518. The SMILES string of the molecule is CCCNCc1sc2ccc(Cl)cc2c1CCC. The molecule has 0 aliphatic heterocycles. The molecule has 0 atom stereocenters. The van der Waals surface area contributed by atoms with Crippen LogP contribution in [0.5, 0.6) is 0 Å². The summed E-state index contributed by atoms with van der Waals surface area (Å²) < 4.78 is 1.36. The second kappa shape index (κ2) is 6.55. The zero-order valence-corrected chi connectivity index (χ0v) is 12.6. The summed E-state index contributed by atoms with van der Waals surface area (Å²) in [6.45, 7) is 6.50. The number of fused-ring (bicyclic) bond motifs is 1. The molecular weight excluding hydrogens is 262 g/mol. The molecule has 0 spiro atoms. The molecular formula is C15H20ClNS. The van der Waals surface area contributed by atoms with Crippen LogP contribution in [0, 0.1) is 0 Å². The first-order valence-corrected chi connectivity index (χ1v) is 7.86. The van der Waals surface area contributed by atoms with Crippen LogP contribution in [-0.4, -0.2) is 6.54 Å². The summed E-state index contributed by atoms with van der Waals surface area (Å²) in [6.07, 6.45) is 3.50. The minimum absolute atomic E-state index is 0.839. The van der Waals surface area contributed by atoms with E-state index in [1.165, 1.54) is 33.4 Å². The molecule has 2 aromatic rings. The van der Waals surface area contributed by atoms with Crippen molar-refractivity contribution in [3.63, 3.8) is 0 Å². The highest BCUT2D eigenvalue weighted by Gasteiger charge is 2.11. The second-order valence-corrected chi connectivity index (χ2v) is 6.14. The van der Waals surface area contributed by atoms with Gasteiger partial charge in [0.2, 0.25) is 0 Å². The van der Waals surface area contributed by atoms with Crippen LogP contribution in [0.15, 0.2) is 18.2 Å². The molecule has 1 nitrogen and oxygen atoms in total. The Labute approximate surface area is 118 Å². The van der Waals surface area contributed by atoms with Crippen molar-refractivity contribution in [2.24, 2.45) is 0 Å². The number of aryl methyl sites for hydroxylation is 1. The summed E-state index contributed by atoms with van der Waals surface area (Å²) in [5.41, 5.74) is 1.49. The number of nitrogens with one attached hydrogen (secondary N) is 1. The maximum absolute atomic E-state index is 6.12. The molecule has 98 valence electrons. The maximum Gasteiger partial charge on any atom is 0.0413 e. The van der Waals surface area contributed by atoms with Crippen molar-refractivity contribution in [3.05, 3.63) is 33.7 Å². The van der Waals surface area contributed by atoms with Crippen LogP contribution < -0.4 is 5.32 Å². The Morgan fingerprint density at radius 1 is 1.22 bits per heavy atom. The minimum Gasteiger partial charge on any atom is -0.312 e. The number of thiophene rings is 1. The predicted molar refractivity (Wildman–Crippen MR) is 82.8 cm³/mol. The molecule has 2 rings (SSSR count). The van der Waals surface area contributed by atoms with Crippen LogP contribution in [0.4, 0.5) is 0 Å².